The average molecular weight is 480 g/mol. The SMILES string of the molecule is CCCCCCCCNn1c(O)c2cc3c(c4cccc(c1=O)c24)=NC(c1c[nH]c2ccccc12)=N3. The summed E-state index contributed by atoms with van der Waals surface area (Å²) in [6.45, 7) is 2.83. The molecular weight excluding hydrogens is 450 g/mol. The fraction of sp³-hybridized carbons (Fsp3) is 0.276. The van der Waals surface area contributed by atoms with E-state index in [1.807, 2.05) is 54.7 Å². The minimum atomic E-state index is -0.257. The summed E-state index contributed by atoms with van der Waals surface area (Å²) in [5.74, 6) is 0.530. The fourth-order valence-electron chi connectivity index (χ4n) is 5.21. The zero-order valence-electron chi connectivity index (χ0n) is 20.3. The van der Waals surface area contributed by atoms with Crippen LogP contribution in [0.2, 0.25) is 0 Å². The number of aromatic amines is 1. The first-order valence-corrected chi connectivity index (χ1v) is 12.8. The second-order valence-electron chi connectivity index (χ2n) is 9.46. The molecule has 1 aliphatic heterocycles. The highest BCUT2D eigenvalue weighted by atomic mass is 16.3. The smallest absolute Gasteiger partial charge is 0.279 e. The largest absolute Gasteiger partial charge is 0.493 e. The maximum atomic E-state index is 13.3. The highest BCUT2D eigenvalue weighted by Crippen LogP contribution is 2.33. The minimum absolute atomic E-state index is 0.0896. The third kappa shape index (κ3) is 3.63. The standard InChI is InChI=1S/C29H29N5O2/c1-2-3-4-5-6-9-15-31-34-28(35)20-13-10-12-19-25(20)21(29(34)36)16-24-26(19)33-27(32-24)22-17-30-23-14-8-7-11-18(22)23/h7-8,10-14,16-17,30-31,36H,2-6,9,15H2,1H3. The highest BCUT2D eigenvalue weighted by Gasteiger charge is 2.21. The lowest BCUT2D eigenvalue weighted by molar-refractivity contribution is 0.430. The van der Waals surface area contributed by atoms with Crippen LogP contribution in [0.15, 0.2) is 69.5 Å². The summed E-state index contributed by atoms with van der Waals surface area (Å²) in [6, 6.07) is 15.5. The molecule has 0 saturated carbocycles. The first-order chi connectivity index (χ1) is 17.7. The normalized spacial score (nSPS) is 12.9. The van der Waals surface area contributed by atoms with Gasteiger partial charge in [-0.25, -0.2) is 9.98 Å². The molecule has 0 atom stereocenters. The number of rotatable bonds is 9. The molecule has 3 heterocycles. The number of aliphatic imine (C=N–C) groups is 1. The molecule has 0 fully saturated rings. The van der Waals surface area contributed by atoms with E-state index in [1.165, 1.54) is 30.4 Å². The van der Waals surface area contributed by atoms with Gasteiger partial charge in [-0.05, 0) is 24.6 Å². The van der Waals surface area contributed by atoms with Gasteiger partial charge in [0.2, 0.25) is 5.88 Å². The highest BCUT2D eigenvalue weighted by molar-refractivity contribution is 6.16. The van der Waals surface area contributed by atoms with Crippen molar-refractivity contribution in [2.45, 2.75) is 45.4 Å². The van der Waals surface area contributed by atoms with Gasteiger partial charge in [0.15, 0.2) is 5.84 Å². The summed E-state index contributed by atoms with van der Waals surface area (Å²) >= 11 is 0. The molecule has 0 bridgehead atoms. The molecule has 5 aromatic rings. The van der Waals surface area contributed by atoms with E-state index in [9.17, 15) is 9.90 Å². The van der Waals surface area contributed by atoms with Crippen molar-refractivity contribution in [1.82, 2.24) is 9.66 Å². The van der Waals surface area contributed by atoms with Crippen LogP contribution in [0.1, 0.15) is 51.0 Å². The Hall–Kier alpha value is -4.13. The Balaban J connectivity index is 1.40. The summed E-state index contributed by atoms with van der Waals surface area (Å²) in [5, 5.41) is 15.6. The second-order valence-corrected chi connectivity index (χ2v) is 9.46. The third-order valence-electron chi connectivity index (χ3n) is 7.07. The summed E-state index contributed by atoms with van der Waals surface area (Å²) in [6.07, 6.45) is 8.87. The Bertz CT molecular complexity index is 1750. The molecule has 0 saturated heterocycles. The van der Waals surface area contributed by atoms with Crippen molar-refractivity contribution < 1.29 is 5.11 Å². The first kappa shape index (κ1) is 22.3. The van der Waals surface area contributed by atoms with Crippen molar-refractivity contribution in [3.63, 3.8) is 0 Å². The van der Waals surface area contributed by atoms with Crippen molar-refractivity contribution in [2.24, 2.45) is 9.98 Å². The number of unbranched alkanes of at least 4 members (excludes halogenated alkanes) is 5. The maximum Gasteiger partial charge on any atom is 0.279 e. The Morgan fingerprint density at radius 3 is 2.58 bits per heavy atom. The number of H-pyrrole nitrogens is 1. The Kier molecular flexibility index (Phi) is 5.68. The molecule has 36 heavy (non-hydrogen) atoms. The predicted octanol–water partition coefficient (Wildman–Crippen LogP) is 5.68. The summed E-state index contributed by atoms with van der Waals surface area (Å²) < 4.78 is 1.28. The van der Waals surface area contributed by atoms with Crippen molar-refractivity contribution in [2.75, 3.05) is 12.0 Å². The number of pyridine rings is 1. The summed E-state index contributed by atoms with van der Waals surface area (Å²) in [7, 11) is 0. The molecule has 1 aliphatic rings. The van der Waals surface area contributed by atoms with E-state index in [0.717, 1.165) is 45.4 Å². The van der Waals surface area contributed by atoms with Gasteiger partial charge in [0.1, 0.15) is 0 Å². The molecular formula is C29H29N5O2. The number of para-hydroxylation sites is 1. The van der Waals surface area contributed by atoms with E-state index in [4.69, 9.17) is 9.98 Å². The van der Waals surface area contributed by atoms with Crippen LogP contribution in [0.4, 0.5) is 5.69 Å². The van der Waals surface area contributed by atoms with Crippen LogP contribution in [0, 0.1) is 0 Å². The van der Waals surface area contributed by atoms with Crippen LogP contribution in [0.5, 0.6) is 5.88 Å². The quantitative estimate of drug-likeness (QED) is 0.238. The Labute approximate surface area is 208 Å². The van der Waals surface area contributed by atoms with Gasteiger partial charge >= 0.3 is 0 Å². The number of amidine groups is 1. The molecule has 3 N–H and O–H groups in total. The molecule has 0 spiro atoms. The first-order valence-electron chi connectivity index (χ1n) is 12.8. The summed E-state index contributed by atoms with van der Waals surface area (Å²) in [5.41, 5.74) is 5.53. The lowest BCUT2D eigenvalue weighted by atomic mass is 10.0. The monoisotopic (exact) mass is 479 g/mol. The second kappa shape index (κ2) is 9.15. The van der Waals surface area contributed by atoms with E-state index < -0.39 is 0 Å². The number of hydrogen-bond acceptors (Lipinski definition) is 5. The number of aromatic hydroxyl groups is 1. The molecule has 182 valence electrons. The van der Waals surface area contributed by atoms with Crippen LogP contribution >= 0.6 is 0 Å². The van der Waals surface area contributed by atoms with Crippen LogP contribution in [0.3, 0.4) is 0 Å². The molecule has 6 rings (SSSR count). The van der Waals surface area contributed by atoms with Gasteiger partial charge in [0.05, 0.1) is 16.4 Å². The van der Waals surface area contributed by atoms with Crippen LogP contribution in [0.25, 0.3) is 32.4 Å². The van der Waals surface area contributed by atoms with Gasteiger partial charge in [0, 0.05) is 45.4 Å². The number of benzene rings is 3. The van der Waals surface area contributed by atoms with E-state index in [-0.39, 0.29) is 11.4 Å². The summed E-state index contributed by atoms with van der Waals surface area (Å²) in [4.78, 5) is 26.3. The van der Waals surface area contributed by atoms with Crippen molar-refractivity contribution in [1.29, 1.82) is 0 Å². The molecule has 7 nitrogen and oxygen atoms in total. The molecule has 3 aromatic carbocycles. The molecule has 7 heteroatoms. The molecule has 0 aliphatic carbocycles. The molecule has 2 aromatic heterocycles. The Morgan fingerprint density at radius 2 is 1.69 bits per heavy atom. The predicted molar refractivity (Wildman–Crippen MR) is 146 cm³/mol. The van der Waals surface area contributed by atoms with Crippen LogP contribution in [-0.4, -0.2) is 27.1 Å². The van der Waals surface area contributed by atoms with Crippen molar-refractivity contribution in [3.05, 3.63) is 76.0 Å². The third-order valence-corrected chi connectivity index (χ3v) is 7.07. The maximum absolute atomic E-state index is 13.3. The van der Waals surface area contributed by atoms with E-state index >= 15 is 0 Å². The number of nitrogens with one attached hydrogen (secondary N) is 2. The molecule has 0 amide bonds. The topological polar surface area (TPSA) is 94.8 Å². The van der Waals surface area contributed by atoms with Gasteiger partial charge in [-0.15, -0.1) is 0 Å². The van der Waals surface area contributed by atoms with Gasteiger partial charge in [-0.3, -0.25) is 4.79 Å². The number of hydrogen-bond donors (Lipinski definition) is 3. The van der Waals surface area contributed by atoms with Crippen LogP contribution < -0.4 is 16.3 Å². The lowest BCUT2D eigenvalue weighted by Gasteiger charge is -2.15. The number of aromatic nitrogens is 2. The lowest BCUT2D eigenvalue weighted by Crippen LogP contribution is -2.30. The van der Waals surface area contributed by atoms with E-state index in [0.29, 0.717) is 28.8 Å². The van der Waals surface area contributed by atoms with Gasteiger partial charge in [-0.2, -0.15) is 4.68 Å². The van der Waals surface area contributed by atoms with E-state index in [1.54, 1.807) is 0 Å². The molecule has 0 unspecified atom stereocenters. The number of nitrogens with zero attached hydrogens (tertiary/aromatic N) is 3. The fourth-order valence-corrected chi connectivity index (χ4v) is 5.21. The van der Waals surface area contributed by atoms with Crippen LogP contribution in [-0.2, 0) is 0 Å². The zero-order valence-corrected chi connectivity index (χ0v) is 20.3. The zero-order chi connectivity index (χ0) is 24.6. The van der Waals surface area contributed by atoms with Gasteiger partial charge < -0.3 is 15.5 Å². The number of fused-ring (bicyclic) bond motifs is 3. The van der Waals surface area contributed by atoms with Gasteiger partial charge in [0.25, 0.3) is 5.56 Å². The van der Waals surface area contributed by atoms with E-state index in [2.05, 4.69) is 17.3 Å². The van der Waals surface area contributed by atoms with Gasteiger partial charge in [-0.1, -0.05) is 69.4 Å². The molecule has 0 radical (unpaired) electrons. The average Bonchev–Trinajstić information content (AvgIpc) is 3.52. The minimum Gasteiger partial charge on any atom is -0.493 e. The van der Waals surface area contributed by atoms with Crippen molar-refractivity contribution >= 4 is 44.0 Å². The van der Waals surface area contributed by atoms with Crippen molar-refractivity contribution in [3.8, 4) is 5.88 Å². The Morgan fingerprint density at radius 1 is 0.917 bits per heavy atom.